The van der Waals surface area contributed by atoms with Crippen LogP contribution in [0.1, 0.15) is 10.6 Å². The predicted molar refractivity (Wildman–Crippen MR) is 84.0 cm³/mol. The molecule has 0 bridgehead atoms. The van der Waals surface area contributed by atoms with E-state index in [1.165, 1.54) is 12.3 Å². The van der Waals surface area contributed by atoms with Gasteiger partial charge in [0.2, 0.25) is 5.95 Å². The first kappa shape index (κ1) is 16.2. The topological polar surface area (TPSA) is 118 Å². The molecule has 0 spiro atoms. The molecule has 2 rings (SSSR count). The number of hydrogen-bond donors (Lipinski definition) is 1. The molecule has 0 aliphatic rings. The second kappa shape index (κ2) is 6.30. The summed E-state index contributed by atoms with van der Waals surface area (Å²) >= 11 is 0. The summed E-state index contributed by atoms with van der Waals surface area (Å²) in [6.45, 7) is 0. The summed E-state index contributed by atoms with van der Waals surface area (Å²) in [5.41, 5.74) is 0.365. The Kier molecular flexibility index (Phi) is 4.44. The maximum atomic E-state index is 12.1. The maximum Gasteiger partial charge on any atom is 0.433 e. The van der Waals surface area contributed by atoms with Crippen LogP contribution in [0.5, 0.6) is 0 Å². The lowest BCUT2D eigenvalue weighted by molar-refractivity contribution is -0.402. The molecule has 2 aromatic heterocycles. The van der Waals surface area contributed by atoms with Crippen molar-refractivity contribution >= 4 is 29.2 Å². The fourth-order valence-corrected chi connectivity index (χ4v) is 1.74. The minimum absolute atomic E-state index is 0.168. The molecule has 1 amide bonds. The average Bonchev–Trinajstić information content (AvgIpc) is 2.97. The number of carbonyl (C=O) groups is 1. The third-order valence-corrected chi connectivity index (χ3v) is 2.82. The van der Waals surface area contributed by atoms with Gasteiger partial charge >= 0.3 is 5.88 Å². The standard InChI is InChI=1S/C13H16N6O4/c1-17(2)11-8(7-14-13(16-11)18(3)4)15-12(20)9-5-6-10(23-9)19(21)22/h5-7H,1-4H3,(H,15,20). The monoisotopic (exact) mass is 320 g/mol. The van der Waals surface area contributed by atoms with E-state index >= 15 is 0 Å². The molecule has 0 aliphatic heterocycles. The van der Waals surface area contributed by atoms with Crippen molar-refractivity contribution in [2.45, 2.75) is 0 Å². The van der Waals surface area contributed by atoms with E-state index in [1.807, 2.05) is 0 Å². The van der Waals surface area contributed by atoms with Gasteiger partial charge in [0.1, 0.15) is 10.6 Å². The van der Waals surface area contributed by atoms with Crippen LogP contribution in [-0.4, -0.2) is 49.0 Å². The van der Waals surface area contributed by atoms with Crippen molar-refractivity contribution in [3.8, 4) is 0 Å². The molecular weight excluding hydrogens is 304 g/mol. The van der Waals surface area contributed by atoms with Crippen LogP contribution in [0.15, 0.2) is 22.7 Å². The molecule has 0 aromatic carbocycles. The van der Waals surface area contributed by atoms with E-state index in [0.717, 1.165) is 6.07 Å². The Hall–Kier alpha value is -3.17. The molecule has 0 fully saturated rings. The fraction of sp³-hybridized carbons (Fsp3) is 0.308. The molecular formula is C13H16N6O4. The van der Waals surface area contributed by atoms with Gasteiger partial charge in [0.15, 0.2) is 11.6 Å². The Morgan fingerprint density at radius 1 is 1.26 bits per heavy atom. The third-order valence-electron chi connectivity index (χ3n) is 2.82. The molecule has 122 valence electrons. The van der Waals surface area contributed by atoms with E-state index < -0.39 is 16.7 Å². The highest BCUT2D eigenvalue weighted by Crippen LogP contribution is 2.24. The van der Waals surface area contributed by atoms with Crippen molar-refractivity contribution in [1.29, 1.82) is 0 Å². The second-order valence-corrected chi connectivity index (χ2v) is 5.05. The van der Waals surface area contributed by atoms with Gasteiger partial charge in [-0.3, -0.25) is 14.9 Å². The van der Waals surface area contributed by atoms with Crippen molar-refractivity contribution in [1.82, 2.24) is 9.97 Å². The van der Waals surface area contributed by atoms with E-state index in [0.29, 0.717) is 17.5 Å². The van der Waals surface area contributed by atoms with E-state index in [2.05, 4.69) is 15.3 Å². The summed E-state index contributed by atoms with van der Waals surface area (Å²) in [6.07, 6.45) is 1.47. The number of nitrogens with zero attached hydrogens (tertiary/aromatic N) is 5. The molecule has 0 saturated heterocycles. The van der Waals surface area contributed by atoms with Gasteiger partial charge in [0, 0.05) is 28.2 Å². The third kappa shape index (κ3) is 3.54. The van der Waals surface area contributed by atoms with E-state index in [1.54, 1.807) is 38.0 Å². The molecule has 23 heavy (non-hydrogen) atoms. The Labute approximate surface area is 131 Å². The normalized spacial score (nSPS) is 10.3. The second-order valence-electron chi connectivity index (χ2n) is 5.05. The Balaban J connectivity index is 2.27. The smallest absolute Gasteiger partial charge is 0.395 e. The zero-order valence-electron chi connectivity index (χ0n) is 13.1. The summed E-state index contributed by atoms with van der Waals surface area (Å²) in [6, 6.07) is 2.35. The molecule has 10 heteroatoms. The van der Waals surface area contributed by atoms with Crippen molar-refractivity contribution < 1.29 is 14.1 Å². The quantitative estimate of drug-likeness (QED) is 0.648. The minimum Gasteiger partial charge on any atom is -0.395 e. The zero-order valence-corrected chi connectivity index (χ0v) is 13.1. The van der Waals surface area contributed by atoms with Crippen molar-refractivity contribution in [2.75, 3.05) is 43.3 Å². The number of nitrogens with one attached hydrogen (secondary N) is 1. The van der Waals surface area contributed by atoms with Crippen LogP contribution in [0.25, 0.3) is 0 Å². The van der Waals surface area contributed by atoms with Gasteiger partial charge in [-0.25, -0.2) is 4.98 Å². The first-order chi connectivity index (χ1) is 10.8. The lowest BCUT2D eigenvalue weighted by Crippen LogP contribution is -2.20. The number of furan rings is 1. The van der Waals surface area contributed by atoms with E-state index in [9.17, 15) is 14.9 Å². The maximum absolute atomic E-state index is 12.1. The van der Waals surface area contributed by atoms with Crippen LogP contribution in [0.4, 0.5) is 23.3 Å². The van der Waals surface area contributed by atoms with Gasteiger partial charge in [-0.1, -0.05) is 0 Å². The highest BCUT2D eigenvalue weighted by atomic mass is 16.6. The van der Waals surface area contributed by atoms with Crippen LogP contribution in [-0.2, 0) is 0 Å². The summed E-state index contributed by atoms with van der Waals surface area (Å²) in [5.74, 6) is -0.305. The van der Waals surface area contributed by atoms with E-state index in [4.69, 9.17) is 4.42 Å². The Morgan fingerprint density at radius 3 is 2.48 bits per heavy atom. The molecule has 0 radical (unpaired) electrons. The fourth-order valence-electron chi connectivity index (χ4n) is 1.74. The van der Waals surface area contributed by atoms with Crippen molar-refractivity contribution in [3.05, 3.63) is 34.2 Å². The average molecular weight is 320 g/mol. The van der Waals surface area contributed by atoms with Crippen LogP contribution >= 0.6 is 0 Å². The van der Waals surface area contributed by atoms with Crippen molar-refractivity contribution in [2.24, 2.45) is 0 Å². The molecule has 2 aromatic rings. The first-order valence-electron chi connectivity index (χ1n) is 6.57. The summed E-state index contributed by atoms with van der Waals surface area (Å²) < 4.78 is 4.87. The summed E-state index contributed by atoms with van der Waals surface area (Å²) in [4.78, 5) is 33.9. The Bertz CT molecular complexity index is 740. The minimum atomic E-state index is -0.711. The van der Waals surface area contributed by atoms with Gasteiger partial charge < -0.3 is 19.5 Å². The van der Waals surface area contributed by atoms with Crippen LogP contribution in [0.2, 0.25) is 0 Å². The number of anilines is 3. The van der Waals surface area contributed by atoms with Gasteiger partial charge in [-0.2, -0.15) is 4.98 Å². The largest absolute Gasteiger partial charge is 0.433 e. The number of nitro groups is 1. The lowest BCUT2D eigenvalue weighted by atomic mass is 10.3. The molecule has 2 heterocycles. The molecule has 0 atom stereocenters. The van der Waals surface area contributed by atoms with E-state index in [-0.39, 0.29) is 5.76 Å². The van der Waals surface area contributed by atoms with Crippen LogP contribution < -0.4 is 15.1 Å². The predicted octanol–water partition coefficient (Wildman–Crippen LogP) is 1.36. The van der Waals surface area contributed by atoms with Gasteiger partial charge in [-0.15, -0.1) is 0 Å². The zero-order chi connectivity index (χ0) is 17.1. The number of aromatic nitrogens is 2. The number of amides is 1. The van der Waals surface area contributed by atoms with Crippen molar-refractivity contribution in [3.63, 3.8) is 0 Å². The molecule has 0 saturated carbocycles. The Morgan fingerprint density at radius 2 is 1.96 bits per heavy atom. The molecule has 0 unspecified atom stereocenters. The van der Waals surface area contributed by atoms with Gasteiger partial charge in [0.25, 0.3) is 5.91 Å². The molecule has 1 N–H and O–H groups in total. The van der Waals surface area contributed by atoms with Gasteiger partial charge in [0.05, 0.1) is 12.3 Å². The summed E-state index contributed by atoms with van der Waals surface area (Å²) in [5, 5.41) is 13.2. The van der Waals surface area contributed by atoms with Crippen LogP contribution in [0.3, 0.4) is 0 Å². The number of rotatable bonds is 5. The SMILES string of the molecule is CN(C)c1ncc(NC(=O)c2ccc([N+](=O)[O-])o2)c(N(C)C)n1. The number of carbonyl (C=O) groups excluding carboxylic acids is 1. The molecule has 10 nitrogen and oxygen atoms in total. The van der Waals surface area contributed by atoms with Crippen LogP contribution in [0, 0.1) is 10.1 Å². The highest BCUT2D eigenvalue weighted by molar-refractivity contribution is 6.03. The lowest BCUT2D eigenvalue weighted by Gasteiger charge is -2.19. The summed E-state index contributed by atoms with van der Waals surface area (Å²) in [7, 11) is 7.15. The van der Waals surface area contributed by atoms with Gasteiger partial charge in [-0.05, 0) is 6.07 Å². The number of hydrogen-bond acceptors (Lipinski definition) is 8. The highest BCUT2D eigenvalue weighted by Gasteiger charge is 2.19. The first-order valence-corrected chi connectivity index (χ1v) is 6.57. The molecule has 0 aliphatic carbocycles.